The third-order valence-electron chi connectivity index (χ3n) is 2.79. The number of aromatic nitrogens is 2. The molecule has 0 amide bonds. The molecule has 5 heteroatoms. The number of rotatable bonds is 3. The second-order valence-corrected chi connectivity index (χ2v) is 4.01. The molecule has 0 saturated carbocycles. The van der Waals surface area contributed by atoms with E-state index in [1.54, 1.807) is 20.0 Å². The van der Waals surface area contributed by atoms with Gasteiger partial charge >= 0.3 is 5.97 Å². The first-order chi connectivity index (χ1) is 8.22. The molecular formula is C12H16N2O3. The molecule has 0 N–H and O–H groups in total. The quantitative estimate of drug-likeness (QED) is 0.744. The highest BCUT2D eigenvalue weighted by Crippen LogP contribution is 2.22. The molecule has 17 heavy (non-hydrogen) atoms. The van der Waals surface area contributed by atoms with E-state index in [4.69, 9.17) is 9.47 Å². The maximum absolute atomic E-state index is 11.6. The lowest BCUT2D eigenvalue weighted by Crippen LogP contribution is -2.12. The lowest BCUT2D eigenvalue weighted by molar-refractivity contribution is 0.0524. The van der Waals surface area contributed by atoms with Gasteiger partial charge in [-0.2, -0.15) is 0 Å². The first-order valence-electron chi connectivity index (χ1n) is 5.80. The molecule has 0 aromatic carbocycles. The van der Waals surface area contributed by atoms with E-state index < -0.39 is 0 Å². The third-order valence-corrected chi connectivity index (χ3v) is 2.79. The standard InChI is InChI=1S/C12H16N2O3/c1-3-17-12(15)10-6-13-11(14-8(10)2)9-4-5-16-7-9/h6,9H,3-5,7H2,1-2H3. The molecule has 1 aliphatic rings. The summed E-state index contributed by atoms with van der Waals surface area (Å²) in [6.07, 6.45) is 2.49. The molecular weight excluding hydrogens is 220 g/mol. The number of aryl methyl sites for hydroxylation is 1. The van der Waals surface area contributed by atoms with Gasteiger partial charge in [0.15, 0.2) is 0 Å². The molecule has 2 rings (SSSR count). The van der Waals surface area contributed by atoms with Crippen molar-refractivity contribution >= 4 is 5.97 Å². The summed E-state index contributed by atoms with van der Waals surface area (Å²) in [5.41, 5.74) is 1.11. The molecule has 0 radical (unpaired) electrons. The zero-order chi connectivity index (χ0) is 12.3. The SMILES string of the molecule is CCOC(=O)c1cnc(C2CCOC2)nc1C. The Labute approximate surface area is 100 Å². The Hall–Kier alpha value is -1.49. The summed E-state index contributed by atoms with van der Waals surface area (Å²) in [4.78, 5) is 20.2. The Kier molecular flexibility index (Phi) is 3.68. The van der Waals surface area contributed by atoms with Crippen LogP contribution in [0.15, 0.2) is 6.20 Å². The Balaban J connectivity index is 2.19. The minimum Gasteiger partial charge on any atom is -0.462 e. The van der Waals surface area contributed by atoms with Crippen molar-refractivity contribution in [3.63, 3.8) is 0 Å². The van der Waals surface area contributed by atoms with Gasteiger partial charge in [0, 0.05) is 18.7 Å². The van der Waals surface area contributed by atoms with Gasteiger partial charge in [-0.15, -0.1) is 0 Å². The largest absolute Gasteiger partial charge is 0.462 e. The van der Waals surface area contributed by atoms with Crippen molar-refractivity contribution in [1.82, 2.24) is 9.97 Å². The van der Waals surface area contributed by atoms with Gasteiger partial charge in [-0.3, -0.25) is 0 Å². The van der Waals surface area contributed by atoms with Crippen molar-refractivity contribution in [3.05, 3.63) is 23.3 Å². The first kappa shape index (κ1) is 12.0. The Bertz CT molecular complexity index is 414. The van der Waals surface area contributed by atoms with Crippen molar-refractivity contribution < 1.29 is 14.3 Å². The van der Waals surface area contributed by atoms with Gasteiger partial charge in [-0.05, 0) is 20.3 Å². The summed E-state index contributed by atoms with van der Waals surface area (Å²) < 4.78 is 10.2. The van der Waals surface area contributed by atoms with Crippen molar-refractivity contribution in [2.45, 2.75) is 26.2 Å². The second kappa shape index (κ2) is 5.23. The third kappa shape index (κ3) is 2.61. The fourth-order valence-electron chi connectivity index (χ4n) is 1.83. The van der Waals surface area contributed by atoms with Crippen LogP contribution >= 0.6 is 0 Å². The topological polar surface area (TPSA) is 61.3 Å². The molecule has 1 fully saturated rings. The van der Waals surface area contributed by atoms with E-state index in [0.29, 0.717) is 24.5 Å². The van der Waals surface area contributed by atoms with Gasteiger partial charge in [0.25, 0.3) is 0 Å². The average Bonchev–Trinajstić information content (AvgIpc) is 2.82. The maximum atomic E-state index is 11.6. The summed E-state index contributed by atoms with van der Waals surface area (Å²) in [5.74, 6) is 0.650. The fraction of sp³-hybridized carbons (Fsp3) is 0.583. The predicted octanol–water partition coefficient (Wildman–Crippen LogP) is 1.47. The summed E-state index contributed by atoms with van der Waals surface area (Å²) in [7, 11) is 0. The number of ether oxygens (including phenoxy) is 2. The highest BCUT2D eigenvalue weighted by atomic mass is 16.5. The van der Waals surface area contributed by atoms with Crippen LogP contribution in [0.1, 0.15) is 41.1 Å². The summed E-state index contributed by atoms with van der Waals surface area (Å²) in [5, 5.41) is 0. The van der Waals surface area contributed by atoms with Crippen molar-refractivity contribution in [3.8, 4) is 0 Å². The lowest BCUT2D eigenvalue weighted by Gasteiger charge is -2.09. The Morgan fingerprint density at radius 2 is 2.47 bits per heavy atom. The van der Waals surface area contributed by atoms with Gasteiger partial charge in [0.05, 0.1) is 24.5 Å². The molecule has 1 aliphatic heterocycles. The van der Waals surface area contributed by atoms with E-state index >= 15 is 0 Å². The highest BCUT2D eigenvalue weighted by molar-refractivity contribution is 5.90. The van der Waals surface area contributed by atoms with Crippen LogP contribution < -0.4 is 0 Å². The minimum atomic E-state index is -0.362. The van der Waals surface area contributed by atoms with E-state index in [2.05, 4.69) is 9.97 Å². The zero-order valence-corrected chi connectivity index (χ0v) is 10.1. The van der Waals surface area contributed by atoms with Crippen LogP contribution in [0, 0.1) is 6.92 Å². The second-order valence-electron chi connectivity index (χ2n) is 4.01. The molecule has 0 aliphatic carbocycles. The van der Waals surface area contributed by atoms with Crippen LogP contribution in [0.4, 0.5) is 0 Å². The maximum Gasteiger partial charge on any atom is 0.341 e. The Morgan fingerprint density at radius 3 is 3.06 bits per heavy atom. The van der Waals surface area contributed by atoms with Crippen LogP contribution in [0.3, 0.4) is 0 Å². The lowest BCUT2D eigenvalue weighted by atomic mass is 10.1. The number of carbonyl (C=O) groups is 1. The smallest absolute Gasteiger partial charge is 0.341 e. The first-order valence-corrected chi connectivity index (χ1v) is 5.80. The zero-order valence-electron chi connectivity index (χ0n) is 10.1. The molecule has 5 nitrogen and oxygen atoms in total. The number of esters is 1. The van der Waals surface area contributed by atoms with E-state index in [9.17, 15) is 4.79 Å². The molecule has 1 unspecified atom stereocenters. The molecule has 1 atom stereocenters. The van der Waals surface area contributed by atoms with Gasteiger partial charge < -0.3 is 9.47 Å². The van der Waals surface area contributed by atoms with Crippen molar-refractivity contribution in [1.29, 1.82) is 0 Å². The van der Waals surface area contributed by atoms with Gasteiger partial charge in [0.2, 0.25) is 0 Å². The summed E-state index contributed by atoms with van der Waals surface area (Å²) in [6.45, 7) is 5.35. The number of carbonyl (C=O) groups excluding carboxylic acids is 1. The highest BCUT2D eigenvalue weighted by Gasteiger charge is 2.22. The van der Waals surface area contributed by atoms with E-state index in [1.807, 2.05) is 0 Å². The fourth-order valence-corrected chi connectivity index (χ4v) is 1.83. The predicted molar refractivity (Wildman–Crippen MR) is 60.9 cm³/mol. The van der Waals surface area contributed by atoms with Gasteiger partial charge in [0.1, 0.15) is 5.82 Å². The monoisotopic (exact) mass is 236 g/mol. The van der Waals surface area contributed by atoms with Crippen LogP contribution in [0.25, 0.3) is 0 Å². The number of hydrogen-bond acceptors (Lipinski definition) is 5. The van der Waals surface area contributed by atoms with Crippen LogP contribution in [-0.2, 0) is 9.47 Å². The van der Waals surface area contributed by atoms with Crippen LogP contribution in [-0.4, -0.2) is 35.8 Å². The molecule has 92 valence electrons. The van der Waals surface area contributed by atoms with Gasteiger partial charge in [-0.25, -0.2) is 14.8 Å². The van der Waals surface area contributed by atoms with Crippen molar-refractivity contribution in [2.24, 2.45) is 0 Å². The van der Waals surface area contributed by atoms with E-state index in [-0.39, 0.29) is 11.9 Å². The normalized spacial score (nSPS) is 19.3. The van der Waals surface area contributed by atoms with Gasteiger partial charge in [-0.1, -0.05) is 0 Å². The van der Waals surface area contributed by atoms with E-state index in [1.165, 1.54) is 0 Å². The Morgan fingerprint density at radius 1 is 1.65 bits per heavy atom. The molecule has 0 spiro atoms. The molecule has 1 aromatic heterocycles. The average molecular weight is 236 g/mol. The van der Waals surface area contributed by atoms with Crippen molar-refractivity contribution in [2.75, 3.05) is 19.8 Å². The minimum absolute atomic E-state index is 0.255. The molecule has 2 heterocycles. The summed E-state index contributed by atoms with van der Waals surface area (Å²) >= 11 is 0. The van der Waals surface area contributed by atoms with Crippen LogP contribution in [0.5, 0.6) is 0 Å². The molecule has 1 saturated heterocycles. The molecule has 1 aromatic rings. The number of hydrogen-bond donors (Lipinski definition) is 0. The van der Waals surface area contributed by atoms with E-state index in [0.717, 1.165) is 18.9 Å². The van der Waals surface area contributed by atoms with Crippen LogP contribution in [0.2, 0.25) is 0 Å². The summed E-state index contributed by atoms with van der Waals surface area (Å²) in [6, 6.07) is 0. The molecule has 0 bridgehead atoms. The number of nitrogens with zero attached hydrogens (tertiary/aromatic N) is 2.